The lowest BCUT2D eigenvalue weighted by atomic mass is 9.92. The number of aromatic nitrogens is 2. The number of rotatable bonds is 4. The summed E-state index contributed by atoms with van der Waals surface area (Å²) in [4.78, 5) is 32.7. The minimum atomic E-state index is -0.157. The van der Waals surface area contributed by atoms with Gasteiger partial charge in [-0.1, -0.05) is 52.3 Å². The van der Waals surface area contributed by atoms with E-state index in [2.05, 4.69) is 51.2 Å². The second-order valence-corrected chi connectivity index (χ2v) is 10.1. The lowest BCUT2D eigenvalue weighted by molar-refractivity contribution is 0.103. The molecule has 0 aliphatic carbocycles. The van der Waals surface area contributed by atoms with Crippen molar-refractivity contribution in [2.75, 3.05) is 5.32 Å². The highest BCUT2D eigenvalue weighted by Gasteiger charge is 2.24. The Morgan fingerprint density at radius 1 is 1.10 bits per heavy atom. The molecule has 0 unspecified atom stereocenters. The smallest absolute Gasteiger partial charge is 0.266 e. The molecule has 164 valence electrons. The van der Waals surface area contributed by atoms with Gasteiger partial charge in [0, 0.05) is 18.7 Å². The van der Waals surface area contributed by atoms with Crippen LogP contribution in [0.25, 0.3) is 10.2 Å². The van der Waals surface area contributed by atoms with Gasteiger partial charge in [-0.05, 0) is 48.3 Å². The van der Waals surface area contributed by atoms with E-state index in [0.29, 0.717) is 33.5 Å². The second kappa shape index (κ2) is 8.58. The zero-order valence-electron chi connectivity index (χ0n) is 19.0. The van der Waals surface area contributed by atoms with Crippen LogP contribution in [0.5, 0.6) is 0 Å². The normalized spacial score (nSPS) is 14.2. The zero-order chi connectivity index (χ0) is 22.3. The molecule has 0 fully saturated rings. The summed E-state index contributed by atoms with van der Waals surface area (Å²) < 4.78 is 1.82. The lowest BCUT2D eigenvalue weighted by Crippen LogP contribution is -2.24. The summed E-state index contributed by atoms with van der Waals surface area (Å²) in [6.07, 6.45) is 4.00. The number of hydrogen-bond acceptors (Lipinski definition) is 4. The van der Waals surface area contributed by atoms with Gasteiger partial charge in [-0.2, -0.15) is 0 Å². The Morgan fingerprint density at radius 3 is 2.42 bits per heavy atom. The molecular weight excluding hydrogens is 406 g/mol. The molecule has 2 aromatic heterocycles. The van der Waals surface area contributed by atoms with Gasteiger partial charge in [0.25, 0.3) is 11.5 Å². The SMILES string of the molecule is Cc1c(C(=O)Nc2c(C(C)C)cccc2C(C)C)sc2nc3n(c(=O)c12)CCCCC3. The Labute approximate surface area is 187 Å². The van der Waals surface area contributed by atoms with E-state index in [1.807, 2.05) is 11.5 Å². The summed E-state index contributed by atoms with van der Waals surface area (Å²) in [5, 5.41) is 3.79. The minimum Gasteiger partial charge on any atom is -0.321 e. The lowest BCUT2D eigenvalue weighted by Gasteiger charge is -2.20. The first-order chi connectivity index (χ1) is 14.8. The molecule has 0 saturated carbocycles. The summed E-state index contributed by atoms with van der Waals surface area (Å²) in [7, 11) is 0. The first kappa shape index (κ1) is 21.8. The second-order valence-electron chi connectivity index (χ2n) is 9.11. The molecule has 31 heavy (non-hydrogen) atoms. The molecule has 3 aromatic rings. The fraction of sp³-hybridized carbons (Fsp3) is 0.480. The van der Waals surface area contributed by atoms with Crippen molar-refractivity contribution in [1.29, 1.82) is 0 Å². The number of anilines is 1. The van der Waals surface area contributed by atoms with Crippen molar-refractivity contribution < 1.29 is 4.79 Å². The molecule has 0 saturated heterocycles. The molecule has 4 rings (SSSR count). The topological polar surface area (TPSA) is 64.0 Å². The maximum atomic E-state index is 13.4. The van der Waals surface area contributed by atoms with Gasteiger partial charge >= 0.3 is 0 Å². The number of nitrogens with one attached hydrogen (secondary N) is 1. The molecule has 3 heterocycles. The van der Waals surface area contributed by atoms with Crippen molar-refractivity contribution in [2.45, 2.75) is 78.7 Å². The van der Waals surface area contributed by atoms with Gasteiger partial charge in [0.05, 0.1) is 10.3 Å². The Kier molecular flexibility index (Phi) is 6.02. The molecule has 1 aliphatic rings. The Balaban J connectivity index is 1.79. The van der Waals surface area contributed by atoms with Crippen LogP contribution < -0.4 is 10.9 Å². The van der Waals surface area contributed by atoms with Gasteiger partial charge < -0.3 is 5.32 Å². The van der Waals surface area contributed by atoms with Crippen LogP contribution in [0, 0.1) is 6.92 Å². The third-order valence-electron chi connectivity index (χ3n) is 6.23. The molecule has 0 atom stereocenters. The molecule has 0 bridgehead atoms. The number of para-hydroxylation sites is 1. The van der Waals surface area contributed by atoms with Crippen molar-refractivity contribution in [3.63, 3.8) is 0 Å². The third kappa shape index (κ3) is 3.93. The summed E-state index contributed by atoms with van der Waals surface area (Å²) in [5.41, 5.74) is 3.89. The van der Waals surface area contributed by atoms with Crippen LogP contribution in [-0.2, 0) is 13.0 Å². The van der Waals surface area contributed by atoms with E-state index in [4.69, 9.17) is 4.98 Å². The Hall–Kier alpha value is -2.47. The number of aryl methyl sites for hydroxylation is 2. The van der Waals surface area contributed by atoms with Crippen LogP contribution in [0.15, 0.2) is 23.0 Å². The average Bonchev–Trinajstić information content (AvgIpc) is 2.89. The van der Waals surface area contributed by atoms with Crippen LogP contribution in [0.1, 0.15) is 91.0 Å². The highest BCUT2D eigenvalue weighted by molar-refractivity contribution is 7.20. The van der Waals surface area contributed by atoms with Crippen molar-refractivity contribution >= 4 is 33.1 Å². The van der Waals surface area contributed by atoms with Crippen LogP contribution >= 0.6 is 11.3 Å². The van der Waals surface area contributed by atoms with Gasteiger partial charge in [-0.3, -0.25) is 14.2 Å². The number of thiophene rings is 1. The van der Waals surface area contributed by atoms with E-state index in [-0.39, 0.29) is 11.5 Å². The van der Waals surface area contributed by atoms with E-state index in [9.17, 15) is 9.59 Å². The number of hydrogen-bond donors (Lipinski definition) is 1. The number of carbonyl (C=O) groups excluding carboxylic acids is 1. The number of nitrogens with zero attached hydrogens (tertiary/aromatic N) is 2. The number of amides is 1. The van der Waals surface area contributed by atoms with Gasteiger partial charge in [-0.25, -0.2) is 4.98 Å². The zero-order valence-corrected chi connectivity index (χ0v) is 19.9. The maximum Gasteiger partial charge on any atom is 0.266 e. The van der Waals surface area contributed by atoms with Crippen molar-refractivity contribution in [1.82, 2.24) is 9.55 Å². The molecule has 1 aliphatic heterocycles. The Bertz CT molecular complexity index is 1180. The van der Waals surface area contributed by atoms with E-state index in [0.717, 1.165) is 53.9 Å². The van der Waals surface area contributed by atoms with Crippen molar-refractivity contribution in [3.05, 3.63) is 55.9 Å². The highest BCUT2D eigenvalue weighted by Crippen LogP contribution is 2.34. The fourth-order valence-corrected chi connectivity index (χ4v) is 5.58. The average molecular weight is 438 g/mol. The van der Waals surface area contributed by atoms with Crippen LogP contribution in [-0.4, -0.2) is 15.5 Å². The van der Waals surface area contributed by atoms with Crippen molar-refractivity contribution in [2.24, 2.45) is 0 Å². The van der Waals surface area contributed by atoms with E-state index >= 15 is 0 Å². The van der Waals surface area contributed by atoms with Crippen LogP contribution in [0.3, 0.4) is 0 Å². The number of fused-ring (bicyclic) bond motifs is 2. The molecule has 6 heteroatoms. The predicted octanol–water partition coefficient (Wildman–Crippen LogP) is 5.99. The standard InChI is InChI=1S/C25H31N3O2S/c1-14(2)17-10-9-11-18(15(3)4)21(17)27-23(29)22-16(5)20-24(31-22)26-19-12-7-6-8-13-28(19)25(20)30/h9-11,14-15H,6-8,12-13H2,1-5H3,(H,27,29). The number of carbonyl (C=O) groups is 1. The van der Waals surface area contributed by atoms with E-state index < -0.39 is 0 Å². The van der Waals surface area contributed by atoms with Crippen LogP contribution in [0.2, 0.25) is 0 Å². The highest BCUT2D eigenvalue weighted by atomic mass is 32.1. The van der Waals surface area contributed by atoms with Gasteiger partial charge in [-0.15, -0.1) is 11.3 Å². The van der Waals surface area contributed by atoms with Crippen molar-refractivity contribution in [3.8, 4) is 0 Å². The Morgan fingerprint density at radius 2 is 1.77 bits per heavy atom. The maximum absolute atomic E-state index is 13.4. The molecular formula is C25H31N3O2S. The first-order valence-corrected chi connectivity index (χ1v) is 12.1. The predicted molar refractivity (Wildman–Crippen MR) is 129 cm³/mol. The third-order valence-corrected chi connectivity index (χ3v) is 7.41. The van der Waals surface area contributed by atoms with Gasteiger partial charge in [0.1, 0.15) is 10.7 Å². The largest absolute Gasteiger partial charge is 0.321 e. The molecule has 1 aromatic carbocycles. The van der Waals surface area contributed by atoms with E-state index in [1.165, 1.54) is 11.3 Å². The molecule has 5 nitrogen and oxygen atoms in total. The quantitative estimate of drug-likeness (QED) is 0.545. The monoisotopic (exact) mass is 437 g/mol. The molecule has 1 amide bonds. The summed E-state index contributed by atoms with van der Waals surface area (Å²) in [6, 6.07) is 6.22. The fourth-order valence-electron chi connectivity index (χ4n) is 4.49. The molecule has 0 radical (unpaired) electrons. The minimum absolute atomic E-state index is 0.000139. The first-order valence-electron chi connectivity index (χ1n) is 11.3. The summed E-state index contributed by atoms with van der Waals surface area (Å²) in [5.74, 6) is 1.28. The van der Waals surface area contributed by atoms with E-state index in [1.54, 1.807) is 0 Å². The molecule has 1 N–H and O–H groups in total. The van der Waals surface area contributed by atoms with Gasteiger partial charge in [0.2, 0.25) is 0 Å². The number of benzene rings is 1. The summed E-state index contributed by atoms with van der Waals surface area (Å²) >= 11 is 1.34. The summed E-state index contributed by atoms with van der Waals surface area (Å²) in [6.45, 7) is 11.1. The van der Waals surface area contributed by atoms with Gasteiger partial charge in [0.15, 0.2) is 0 Å². The van der Waals surface area contributed by atoms with Crippen LogP contribution in [0.4, 0.5) is 5.69 Å². The molecule has 0 spiro atoms.